The molecule has 0 spiro atoms. The van der Waals surface area contributed by atoms with Gasteiger partial charge in [-0.1, -0.05) is 0 Å². The van der Waals surface area contributed by atoms with Crippen LogP contribution in [0.25, 0.3) is 0 Å². The molecule has 20 heavy (non-hydrogen) atoms. The summed E-state index contributed by atoms with van der Waals surface area (Å²) >= 11 is 0. The Bertz CT molecular complexity index is 571. The van der Waals surface area contributed by atoms with E-state index in [0.29, 0.717) is 18.8 Å². The van der Waals surface area contributed by atoms with Crippen molar-refractivity contribution in [1.29, 1.82) is 0 Å². The number of aromatic nitrogens is 2. The van der Waals surface area contributed by atoms with Crippen molar-refractivity contribution in [2.75, 3.05) is 19.5 Å². The molecule has 1 aliphatic rings. The van der Waals surface area contributed by atoms with Gasteiger partial charge >= 0.3 is 5.97 Å². The predicted octanol–water partition coefficient (Wildman–Crippen LogP) is 0.187. The second-order valence-corrected chi connectivity index (χ2v) is 5.97. The molecule has 1 aliphatic heterocycles. The second-order valence-electron chi connectivity index (χ2n) is 4.33. The zero-order valence-corrected chi connectivity index (χ0v) is 12.1. The molecule has 112 valence electrons. The lowest BCUT2D eigenvalue weighted by Gasteiger charge is -2.08. The third kappa shape index (κ3) is 3.70. The van der Waals surface area contributed by atoms with Gasteiger partial charge in [-0.25, -0.2) is 9.48 Å². The van der Waals surface area contributed by atoms with Crippen molar-refractivity contribution in [2.45, 2.75) is 26.0 Å². The number of rotatable bonds is 6. The summed E-state index contributed by atoms with van der Waals surface area (Å²) in [4.78, 5) is 11.5. The van der Waals surface area contributed by atoms with Gasteiger partial charge in [-0.05, 0) is 6.92 Å². The second kappa shape index (κ2) is 5.80. The smallest absolute Gasteiger partial charge is 0.358 e. The van der Waals surface area contributed by atoms with E-state index in [1.54, 1.807) is 11.6 Å². The summed E-state index contributed by atoms with van der Waals surface area (Å²) in [5.41, 5.74) is 0.202. The van der Waals surface area contributed by atoms with E-state index in [1.807, 2.05) is 0 Å². The standard InChI is InChI=1S/C11H16N2O6S/c1-3-17-11(14)9-6-10-13(12-9)7-8(19-10)4-5-18-20(2,15)16/h6,8H,3-5,7H2,1-2H3. The molecule has 0 saturated heterocycles. The lowest BCUT2D eigenvalue weighted by molar-refractivity contribution is 0.0517. The van der Waals surface area contributed by atoms with Gasteiger partial charge in [0.2, 0.25) is 5.88 Å². The normalized spacial score (nSPS) is 17.6. The van der Waals surface area contributed by atoms with Crippen LogP contribution in [0.4, 0.5) is 0 Å². The third-order valence-corrected chi connectivity index (χ3v) is 3.22. The van der Waals surface area contributed by atoms with Crippen LogP contribution in [0, 0.1) is 0 Å². The highest BCUT2D eigenvalue weighted by Crippen LogP contribution is 2.24. The van der Waals surface area contributed by atoms with Crippen LogP contribution in [0.1, 0.15) is 23.8 Å². The van der Waals surface area contributed by atoms with E-state index in [-0.39, 0.29) is 25.0 Å². The van der Waals surface area contributed by atoms with Gasteiger partial charge in [0.25, 0.3) is 10.1 Å². The molecule has 0 bridgehead atoms. The zero-order valence-electron chi connectivity index (χ0n) is 11.2. The summed E-state index contributed by atoms with van der Waals surface area (Å²) in [6.07, 6.45) is 1.21. The van der Waals surface area contributed by atoms with Crippen LogP contribution in [-0.2, 0) is 25.6 Å². The average molecular weight is 304 g/mol. The number of hydrogen-bond donors (Lipinski definition) is 0. The summed E-state index contributed by atoms with van der Waals surface area (Å²) in [7, 11) is -3.43. The molecule has 0 N–H and O–H groups in total. The van der Waals surface area contributed by atoms with Gasteiger partial charge in [-0.2, -0.15) is 13.5 Å². The highest BCUT2D eigenvalue weighted by molar-refractivity contribution is 7.85. The minimum absolute atomic E-state index is 0.0546. The molecule has 0 aromatic carbocycles. The lowest BCUT2D eigenvalue weighted by atomic mass is 10.3. The van der Waals surface area contributed by atoms with E-state index < -0.39 is 16.1 Å². The fourth-order valence-corrected chi connectivity index (χ4v) is 2.21. The highest BCUT2D eigenvalue weighted by atomic mass is 32.2. The fourth-order valence-electron chi connectivity index (χ4n) is 1.81. The molecule has 1 atom stereocenters. The van der Waals surface area contributed by atoms with Gasteiger partial charge in [-0.15, -0.1) is 0 Å². The van der Waals surface area contributed by atoms with Crippen LogP contribution in [0.2, 0.25) is 0 Å². The monoisotopic (exact) mass is 304 g/mol. The number of fused-ring (bicyclic) bond motifs is 1. The van der Waals surface area contributed by atoms with E-state index >= 15 is 0 Å². The van der Waals surface area contributed by atoms with Crippen molar-refractivity contribution in [3.63, 3.8) is 0 Å². The van der Waals surface area contributed by atoms with Gasteiger partial charge in [0.05, 0.1) is 26.0 Å². The Hall–Kier alpha value is -1.61. The van der Waals surface area contributed by atoms with E-state index in [2.05, 4.69) is 9.28 Å². The Kier molecular flexibility index (Phi) is 4.29. The number of nitrogens with zero attached hydrogens (tertiary/aromatic N) is 2. The number of carbonyl (C=O) groups is 1. The first kappa shape index (κ1) is 14.8. The largest absolute Gasteiger partial charge is 0.472 e. The first-order valence-electron chi connectivity index (χ1n) is 6.15. The summed E-state index contributed by atoms with van der Waals surface area (Å²) in [5, 5.41) is 4.07. The summed E-state index contributed by atoms with van der Waals surface area (Å²) in [6.45, 7) is 2.50. The van der Waals surface area contributed by atoms with Gasteiger partial charge in [0.15, 0.2) is 5.69 Å². The average Bonchev–Trinajstić information content (AvgIpc) is 2.85. The number of hydrogen-bond acceptors (Lipinski definition) is 7. The zero-order chi connectivity index (χ0) is 14.8. The Morgan fingerprint density at radius 3 is 2.95 bits per heavy atom. The Balaban J connectivity index is 1.86. The van der Waals surface area contributed by atoms with Crippen molar-refractivity contribution < 1.29 is 26.9 Å². The van der Waals surface area contributed by atoms with E-state index in [1.165, 1.54) is 6.07 Å². The van der Waals surface area contributed by atoms with Gasteiger partial charge < -0.3 is 9.47 Å². The Morgan fingerprint density at radius 1 is 1.60 bits per heavy atom. The summed E-state index contributed by atoms with van der Waals surface area (Å²) < 4.78 is 38.2. The maximum absolute atomic E-state index is 11.5. The molecule has 1 aromatic rings. The SMILES string of the molecule is CCOC(=O)c1cc2n(n1)CC(CCOS(C)(=O)=O)O2. The van der Waals surface area contributed by atoms with Crippen LogP contribution in [0.3, 0.4) is 0 Å². The van der Waals surface area contributed by atoms with Crippen LogP contribution in [0.15, 0.2) is 6.07 Å². The predicted molar refractivity (Wildman–Crippen MR) is 68.0 cm³/mol. The van der Waals surface area contributed by atoms with Crippen molar-refractivity contribution >= 4 is 16.1 Å². The Labute approximate surface area is 116 Å². The molecule has 0 amide bonds. The lowest BCUT2D eigenvalue weighted by Crippen LogP contribution is -2.19. The van der Waals surface area contributed by atoms with Crippen molar-refractivity contribution in [3.8, 4) is 5.88 Å². The first-order chi connectivity index (χ1) is 9.39. The maximum Gasteiger partial charge on any atom is 0.358 e. The minimum Gasteiger partial charge on any atom is -0.472 e. The third-order valence-electron chi connectivity index (χ3n) is 2.63. The molecule has 9 heteroatoms. The molecule has 0 fully saturated rings. The number of carbonyl (C=O) groups excluding carboxylic acids is 1. The fraction of sp³-hybridized carbons (Fsp3) is 0.636. The van der Waals surface area contributed by atoms with Crippen molar-refractivity contribution in [2.24, 2.45) is 0 Å². The maximum atomic E-state index is 11.5. The van der Waals surface area contributed by atoms with Crippen molar-refractivity contribution in [3.05, 3.63) is 11.8 Å². The highest BCUT2D eigenvalue weighted by Gasteiger charge is 2.27. The van der Waals surface area contributed by atoms with E-state index in [9.17, 15) is 13.2 Å². The van der Waals surface area contributed by atoms with Crippen LogP contribution in [-0.4, -0.2) is 49.7 Å². The summed E-state index contributed by atoms with van der Waals surface area (Å²) in [5.74, 6) is -0.0210. The Morgan fingerprint density at radius 2 is 2.35 bits per heavy atom. The van der Waals surface area contributed by atoms with Gasteiger partial charge in [-0.3, -0.25) is 4.18 Å². The van der Waals surface area contributed by atoms with E-state index in [4.69, 9.17) is 9.47 Å². The van der Waals surface area contributed by atoms with E-state index in [0.717, 1.165) is 6.26 Å². The quantitative estimate of drug-likeness (QED) is 0.546. The van der Waals surface area contributed by atoms with Crippen LogP contribution >= 0.6 is 0 Å². The van der Waals surface area contributed by atoms with Gasteiger partial charge in [0, 0.05) is 12.5 Å². The molecule has 2 rings (SSSR count). The molecule has 2 heterocycles. The molecule has 0 radical (unpaired) electrons. The van der Waals surface area contributed by atoms with Crippen LogP contribution in [0.5, 0.6) is 5.88 Å². The molecular weight excluding hydrogens is 288 g/mol. The number of ether oxygens (including phenoxy) is 2. The van der Waals surface area contributed by atoms with Crippen LogP contribution < -0.4 is 4.74 Å². The summed E-state index contributed by atoms with van der Waals surface area (Å²) in [6, 6.07) is 1.51. The number of esters is 1. The molecule has 0 aliphatic carbocycles. The minimum atomic E-state index is -3.43. The molecule has 0 saturated carbocycles. The van der Waals surface area contributed by atoms with Gasteiger partial charge in [0.1, 0.15) is 6.10 Å². The van der Waals surface area contributed by atoms with Crippen molar-refractivity contribution in [1.82, 2.24) is 9.78 Å². The molecule has 1 aromatic heterocycles. The molecule has 8 nitrogen and oxygen atoms in total. The molecular formula is C11H16N2O6S. The first-order valence-corrected chi connectivity index (χ1v) is 7.96. The molecule has 1 unspecified atom stereocenters. The topological polar surface area (TPSA) is 96.7 Å².